The van der Waals surface area contributed by atoms with Gasteiger partial charge in [-0.2, -0.15) is 0 Å². The number of hydrogen-bond donors (Lipinski definition) is 0. The van der Waals surface area contributed by atoms with Gasteiger partial charge in [0.2, 0.25) is 0 Å². The molecule has 0 aliphatic heterocycles. The third kappa shape index (κ3) is 3.32. The van der Waals surface area contributed by atoms with Gasteiger partial charge in [0, 0.05) is 0 Å². The number of halogens is 2. The molecule has 4 rings (SSSR count). The van der Waals surface area contributed by atoms with Crippen molar-refractivity contribution in [1.82, 2.24) is 9.38 Å². The summed E-state index contributed by atoms with van der Waals surface area (Å²) in [7, 11) is 1.26. The molecule has 2 aromatic heterocycles. The van der Waals surface area contributed by atoms with Crippen molar-refractivity contribution in [3.8, 4) is 5.75 Å². The van der Waals surface area contributed by atoms with Gasteiger partial charge in [-0.1, -0.05) is 46.7 Å². The molecular formula is C19H12Cl2N2O4S. The van der Waals surface area contributed by atoms with Crippen molar-refractivity contribution < 1.29 is 14.3 Å². The number of nitrogens with zero attached hydrogens (tertiary/aromatic N) is 2. The van der Waals surface area contributed by atoms with Crippen LogP contribution in [0.15, 0.2) is 41.2 Å². The molecule has 28 heavy (non-hydrogen) atoms. The molecular weight excluding hydrogens is 423 g/mol. The number of rotatable bonds is 4. The molecule has 0 N–H and O–H groups in total. The first-order valence-electron chi connectivity index (χ1n) is 8.08. The van der Waals surface area contributed by atoms with Crippen molar-refractivity contribution >= 4 is 62.6 Å². The van der Waals surface area contributed by atoms with Gasteiger partial charge in [0.05, 0.1) is 32.7 Å². The lowest BCUT2D eigenvalue weighted by Crippen LogP contribution is -2.22. The molecule has 9 heteroatoms. The summed E-state index contributed by atoms with van der Waals surface area (Å²) >= 11 is 13.7. The third-order valence-corrected chi connectivity index (χ3v) is 5.56. The van der Waals surface area contributed by atoms with E-state index in [0.717, 1.165) is 11.0 Å². The number of carbonyl (C=O) groups is 1. The summed E-state index contributed by atoms with van der Waals surface area (Å²) < 4.78 is 11.9. The van der Waals surface area contributed by atoms with Gasteiger partial charge in [-0.3, -0.25) is 4.79 Å². The molecule has 0 unspecified atom stereocenters. The standard InChI is InChI=1S/C19H12Cl2N2O4S/c1-26-16(24)9-27-17-11(20)6-10(7-12(17)21)8-15-18(25)23-14-5-3-2-4-13(14)22-19(23)28-15/h2-8H,9H2,1H3. The molecule has 0 aliphatic rings. The molecule has 2 aromatic carbocycles. The number of esters is 1. The average Bonchev–Trinajstić information content (AvgIpc) is 3.17. The third-order valence-electron chi connectivity index (χ3n) is 4.03. The number of fused-ring (bicyclic) bond motifs is 3. The number of hydrogen-bond acceptors (Lipinski definition) is 6. The van der Waals surface area contributed by atoms with Gasteiger partial charge in [0.1, 0.15) is 0 Å². The average molecular weight is 435 g/mol. The normalized spacial score (nSPS) is 12.0. The Balaban J connectivity index is 1.76. The molecule has 0 spiro atoms. The number of thiazole rings is 1. The van der Waals surface area contributed by atoms with Crippen LogP contribution in [-0.4, -0.2) is 29.1 Å². The zero-order valence-corrected chi connectivity index (χ0v) is 16.8. The van der Waals surface area contributed by atoms with Gasteiger partial charge >= 0.3 is 5.97 Å². The van der Waals surface area contributed by atoms with Crippen molar-refractivity contribution in [3.05, 3.63) is 66.9 Å². The second kappa shape index (κ2) is 7.43. The van der Waals surface area contributed by atoms with Gasteiger partial charge in [-0.05, 0) is 35.9 Å². The molecule has 0 amide bonds. The summed E-state index contributed by atoms with van der Waals surface area (Å²) in [6.07, 6.45) is 1.69. The molecule has 0 saturated heterocycles. The molecule has 0 bridgehead atoms. The molecule has 4 aromatic rings. The van der Waals surface area contributed by atoms with E-state index in [1.165, 1.54) is 18.4 Å². The summed E-state index contributed by atoms with van der Waals surface area (Å²) in [5, 5.41) is 0.448. The van der Waals surface area contributed by atoms with Gasteiger partial charge in [0.15, 0.2) is 17.3 Å². The molecule has 2 heterocycles. The van der Waals surface area contributed by atoms with Crippen LogP contribution in [0.4, 0.5) is 0 Å². The molecule has 0 atom stereocenters. The summed E-state index contributed by atoms with van der Waals surface area (Å²) in [4.78, 5) is 29.1. The fourth-order valence-corrected chi connectivity index (χ4v) is 4.35. The SMILES string of the molecule is COC(=O)COc1c(Cl)cc(C=c2sc3nc4ccccc4n3c2=O)cc1Cl. The fraction of sp³-hybridized carbons (Fsp3) is 0.105. The Kier molecular flexibility index (Phi) is 4.97. The topological polar surface area (TPSA) is 69.9 Å². The van der Waals surface area contributed by atoms with Gasteiger partial charge in [0.25, 0.3) is 5.56 Å². The predicted octanol–water partition coefficient (Wildman–Crippen LogP) is 3.32. The summed E-state index contributed by atoms with van der Waals surface area (Å²) in [5.74, 6) is -0.367. The maximum atomic E-state index is 12.8. The van der Waals surface area contributed by atoms with Crippen molar-refractivity contribution in [2.24, 2.45) is 0 Å². The largest absolute Gasteiger partial charge is 0.479 e. The van der Waals surface area contributed by atoms with Crippen LogP contribution in [0.25, 0.3) is 22.1 Å². The van der Waals surface area contributed by atoms with Crippen molar-refractivity contribution in [1.29, 1.82) is 0 Å². The smallest absolute Gasteiger partial charge is 0.343 e. The summed E-state index contributed by atoms with van der Waals surface area (Å²) in [5.41, 5.74) is 2.01. The van der Waals surface area contributed by atoms with E-state index in [-0.39, 0.29) is 28.0 Å². The lowest BCUT2D eigenvalue weighted by atomic mass is 10.2. The summed E-state index contributed by atoms with van der Waals surface area (Å²) in [6.45, 7) is -0.307. The highest BCUT2D eigenvalue weighted by Gasteiger charge is 2.13. The first-order valence-corrected chi connectivity index (χ1v) is 9.65. The van der Waals surface area contributed by atoms with Gasteiger partial charge < -0.3 is 9.47 Å². The van der Waals surface area contributed by atoms with Crippen LogP contribution in [0, 0.1) is 0 Å². The number of aromatic nitrogens is 2. The minimum absolute atomic E-state index is 0.160. The minimum atomic E-state index is -0.548. The number of benzene rings is 2. The highest BCUT2D eigenvalue weighted by molar-refractivity contribution is 7.15. The molecule has 142 valence electrons. The van der Waals surface area contributed by atoms with E-state index in [0.29, 0.717) is 15.1 Å². The Morgan fingerprint density at radius 3 is 2.68 bits per heavy atom. The maximum absolute atomic E-state index is 12.8. The first-order chi connectivity index (χ1) is 13.5. The Labute approximate surface area is 172 Å². The highest BCUT2D eigenvalue weighted by Crippen LogP contribution is 2.34. The molecule has 6 nitrogen and oxygen atoms in total. The predicted molar refractivity (Wildman–Crippen MR) is 110 cm³/mol. The maximum Gasteiger partial charge on any atom is 0.343 e. The van der Waals surface area contributed by atoms with E-state index in [2.05, 4.69) is 9.72 Å². The lowest BCUT2D eigenvalue weighted by molar-refractivity contribution is -0.142. The first kappa shape index (κ1) is 18.7. The van der Waals surface area contributed by atoms with Crippen molar-refractivity contribution in [2.75, 3.05) is 13.7 Å². The Hall–Kier alpha value is -2.61. The number of methoxy groups -OCH3 is 1. The van der Waals surface area contributed by atoms with E-state index < -0.39 is 5.97 Å². The highest BCUT2D eigenvalue weighted by atomic mass is 35.5. The van der Waals surface area contributed by atoms with E-state index in [1.807, 2.05) is 24.3 Å². The quantitative estimate of drug-likeness (QED) is 0.460. The van der Waals surface area contributed by atoms with Crippen LogP contribution in [0.3, 0.4) is 0 Å². The molecule has 0 radical (unpaired) electrons. The van der Waals surface area contributed by atoms with Crippen LogP contribution < -0.4 is 14.8 Å². The second-order valence-electron chi connectivity index (χ2n) is 5.81. The molecule has 0 fully saturated rings. The van der Waals surface area contributed by atoms with Crippen molar-refractivity contribution in [3.63, 3.8) is 0 Å². The monoisotopic (exact) mass is 434 g/mol. The molecule has 0 saturated carbocycles. The Bertz CT molecular complexity index is 1310. The van der Waals surface area contributed by atoms with Crippen molar-refractivity contribution in [2.45, 2.75) is 0 Å². The van der Waals surface area contributed by atoms with E-state index in [4.69, 9.17) is 27.9 Å². The van der Waals surface area contributed by atoms with Crippen LogP contribution in [0.2, 0.25) is 10.0 Å². The Morgan fingerprint density at radius 1 is 1.25 bits per heavy atom. The number of para-hydroxylation sites is 2. The van der Waals surface area contributed by atoms with Crippen LogP contribution in [0.1, 0.15) is 5.56 Å². The second-order valence-corrected chi connectivity index (χ2v) is 7.64. The zero-order chi connectivity index (χ0) is 19.8. The van der Waals surface area contributed by atoms with Gasteiger partial charge in [-0.25, -0.2) is 14.2 Å². The van der Waals surface area contributed by atoms with Crippen LogP contribution in [-0.2, 0) is 9.53 Å². The van der Waals surface area contributed by atoms with E-state index in [9.17, 15) is 9.59 Å². The van der Waals surface area contributed by atoms with Crippen LogP contribution in [0.5, 0.6) is 5.75 Å². The zero-order valence-electron chi connectivity index (χ0n) is 14.4. The lowest BCUT2D eigenvalue weighted by Gasteiger charge is -2.09. The number of imidazole rings is 1. The van der Waals surface area contributed by atoms with E-state index in [1.54, 1.807) is 22.6 Å². The molecule has 0 aliphatic carbocycles. The number of carbonyl (C=O) groups excluding carboxylic acids is 1. The minimum Gasteiger partial charge on any atom is -0.479 e. The van der Waals surface area contributed by atoms with E-state index >= 15 is 0 Å². The fourth-order valence-electron chi connectivity index (χ4n) is 2.75. The van der Waals surface area contributed by atoms with Crippen LogP contribution >= 0.6 is 34.5 Å². The number of ether oxygens (including phenoxy) is 2. The van der Waals surface area contributed by atoms with Gasteiger partial charge in [-0.15, -0.1) is 0 Å². The summed E-state index contributed by atoms with van der Waals surface area (Å²) in [6, 6.07) is 10.7. The Morgan fingerprint density at radius 2 is 1.96 bits per heavy atom.